The number of aliphatic hydroxyl groups excluding tert-OH is 1. The van der Waals surface area contributed by atoms with Crippen molar-refractivity contribution in [3.63, 3.8) is 0 Å². The van der Waals surface area contributed by atoms with E-state index in [1.54, 1.807) is 14.1 Å². The van der Waals surface area contributed by atoms with Crippen LogP contribution in [0.5, 0.6) is 0 Å². The van der Waals surface area contributed by atoms with E-state index in [2.05, 4.69) is 25.7 Å². The molecule has 1 N–H and O–H groups in total. The fraction of sp³-hybridized carbons (Fsp3) is 0.414. The monoisotopic (exact) mass is 586 g/mol. The maximum absolute atomic E-state index is 14.1. The molecule has 1 saturated heterocycles. The third-order valence-electron chi connectivity index (χ3n) is 7.63. The molecule has 2 amide bonds. The molecule has 2 aromatic carbocycles. The largest absolute Gasteiger partial charge is 0.391 e. The second kappa shape index (κ2) is 10.5. The number of fused-ring (bicyclic) bond motifs is 1. The number of hydrogen-bond donors (Lipinski definition) is 1. The van der Waals surface area contributed by atoms with Crippen molar-refractivity contribution in [3.8, 4) is 0 Å². The van der Waals surface area contributed by atoms with E-state index in [4.69, 9.17) is 28.2 Å². The van der Waals surface area contributed by atoms with Gasteiger partial charge >= 0.3 is 0 Å². The number of carbonyl (C=O) groups is 2. The van der Waals surface area contributed by atoms with Gasteiger partial charge in [0.15, 0.2) is 5.17 Å². The molecule has 10 heteroatoms. The van der Waals surface area contributed by atoms with E-state index < -0.39 is 17.7 Å². The van der Waals surface area contributed by atoms with E-state index in [0.717, 1.165) is 22.0 Å². The third-order valence-corrected chi connectivity index (χ3v) is 9.19. The lowest BCUT2D eigenvalue weighted by Gasteiger charge is -2.37. The number of likely N-dealkylation sites (N-methyl/N-ethyl adjacent to an activating group) is 1. The number of nitrogens with zero attached hydrogens (tertiary/aromatic N) is 4. The van der Waals surface area contributed by atoms with Gasteiger partial charge in [-0.15, -0.1) is 0 Å². The minimum atomic E-state index is -0.746. The lowest BCUT2D eigenvalue weighted by molar-refractivity contribution is -0.140. The molecule has 4 atom stereocenters. The predicted octanol–water partition coefficient (Wildman–Crippen LogP) is 5.29. The van der Waals surface area contributed by atoms with Gasteiger partial charge in [0.1, 0.15) is 16.5 Å². The molecule has 0 spiro atoms. The number of aliphatic imine (C=N–C) groups is 1. The van der Waals surface area contributed by atoms with Crippen LogP contribution in [0.25, 0.3) is 0 Å². The number of halogens is 2. The molecule has 3 heterocycles. The third kappa shape index (κ3) is 4.86. The Labute approximate surface area is 243 Å². The molecule has 0 bridgehead atoms. The van der Waals surface area contributed by atoms with Gasteiger partial charge in [0.2, 0.25) is 5.91 Å². The van der Waals surface area contributed by atoms with Gasteiger partial charge in [0.05, 0.1) is 12.1 Å². The van der Waals surface area contributed by atoms with Gasteiger partial charge in [-0.2, -0.15) is 0 Å². The Morgan fingerprint density at radius 2 is 1.67 bits per heavy atom. The molecule has 0 radical (unpaired) electrons. The summed E-state index contributed by atoms with van der Waals surface area (Å²) < 4.78 is 0. The summed E-state index contributed by atoms with van der Waals surface area (Å²) in [5, 5.41) is 12.4. The summed E-state index contributed by atoms with van der Waals surface area (Å²) in [6.45, 7) is 6.34. The molecule has 0 unspecified atom stereocenters. The highest BCUT2D eigenvalue weighted by Crippen LogP contribution is 2.56. The summed E-state index contributed by atoms with van der Waals surface area (Å²) in [5.74, 6) is -0.454. The molecule has 3 aliphatic rings. The van der Waals surface area contributed by atoms with E-state index >= 15 is 0 Å². The minimum Gasteiger partial charge on any atom is -0.391 e. The molecule has 0 aromatic heterocycles. The van der Waals surface area contributed by atoms with Crippen molar-refractivity contribution < 1.29 is 14.7 Å². The zero-order valence-electron chi connectivity index (χ0n) is 22.6. The summed E-state index contributed by atoms with van der Waals surface area (Å²) in [7, 11) is 3.33. The predicted molar refractivity (Wildman–Crippen MR) is 157 cm³/mol. The van der Waals surface area contributed by atoms with Crippen molar-refractivity contribution in [1.29, 1.82) is 0 Å². The van der Waals surface area contributed by atoms with Gasteiger partial charge in [0.25, 0.3) is 5.91 Å². The lowest BCUT2D eigenvalue weighted by atomic mass is 9.81. The van der Waals surface area contributed by atoms with Crippen LogP contribution >= 0.6 is 35.0 Å². The zero-order chi connectivity index (χ0) is 28.2. The maximum atomic E-state index is 14.1. The van der Waals surface area contributed by atoms with Gasteiger partial charge in [0, 0.05) is 42.8 Å². The summed E-state index contributed by atoms with van der Waals surface area (Å²) >= 11 is 13.8. The number of likely N-dealkylation sites (tertiary alicyclic amines) is 1. The first-order chi connectivity index (χ1) is 18.4. The number of aliphatic hydroxyl groups is 1. The van der Waals surface area contributed by atoms with Crippen LogP contribution in [0.4, 0.5) is 0 Å². The number of β-amino-alcohol motifs (C(OH)–C–C–N with tert-alkyl or cyclic N) is 1. The maximum Gasteiger partial charge on any atom is 0.263 e. The highest BCUT2D eigenvalue weighted by atomic mass is 35.5. The number of amides is 2. The van der Waals surface area contributed by atoms with E-state index in [1.807, 2.05) is 48.5 Å². The molecule has 2 aromatic rings. The number of carbonyl (C=O) groups excluding carboxylic acids is 2. The van der Waals surface area contributed by atoms with Crippen molar-refractivity contribution >= 4 is 51.9 Å². The van der Waals surface area contributed by atoms with Crippen molar-refractivity contribution in [2.75, 3.05) is 20.6 Å². The lowest BCUT2D eigenvalue weighted by Crippen LogP contribution is -2.46. The Balaban J connectivity index is 1.61. The molecule has 0 saturated carbocycles. The minimum absolute atomic E-state index is 0.0120. The quantitative estimate of drug-likeness (QED) is 0.515. The van der Waals surface area contributed by atoms with Crippen LogP contribution < -0.4 is 0 Å². The first-order valence-corrected chi connectivity index (χ1v) is 14.5. The molecule has 5 rings (SSSR count). The molecule has 7 nitrogen and oxygen atoms in total. The van der Waals surface area contributed by atoms with Crippen LogP contribution in [0.15, 0.2) is 64.1 Å². The SMILES string of the molecule is CC(C)C1=C(C(=O)N2C[C@@H](O)C[C@H]2C(=O)N(C)C)SC2=N[C@@](C)(c3ccc(Cl)cc3)[C@@H](c3ccc(Cl)cc3)N21. The Morgan fingerprint density at radius 3 is 2.23 bits per heavy atom. The second-order valence-corrected chi connectivity index (χ2v) is 12.8. The van der Waals surface area contributed by atoms with Crippen LogP contribution in [0.1, 0.15) is 44.4 Å². The summed E-state index contributed by atoms with van der Waals surface area (Å²) in [6.07, 6.45) is -0.519. The van der Waals surface area contributed by atoms with Crippen LogP contribution in [0, 0.1) is 5.92 Å². The first-order valence-electron chi connectivity index (χ1n) is 12.9. The van der Waals surface area contributed by atoms with E-state index in [-0.39, 0.29) is 36.7 Å². The smallest absolute Gasteiger partial charge is 0.263 e. The topological polar surface area (TPSA) is 76.5 Å². The van der Waals surface area contributed by atoms with Gasteiger partial charge in [-0.3, -0.25) is 9.59 Å². The fourth-order valence-corrected chi connectivity index (χ4v) is 7.38. The molecular formula is C29H32Cl2N4O3S. The average Bonchev–Trinajstić information content (AvgIpc) is 3.53. The standard InChI is InChI=1S/C29H32Cl2N4O3S/c1-16(2)23-24(27(38)34-15-21(36)14-22(34)26(37)33(4)5)39-28-32-29(3,18-8-12-20(31)13-9-18)25(35(23)28)17-6-10-19(30)11-7-17/h6-13,16,21-22,25,36H,14-15H2,1-5H3/t21-,22-,25+,29-/m0/s1. The average molecular weight is 588 g/mol. The Kier molecular flexibility index (Phi) is 7.52. The van der Waals surface area contributed by atoms with Crippen LogP contribution in [0.3, 0.4) is 0 Å². The molecule has 39 heavy (non-hydrogen) atoms. The molecule has 1 fully saturated rings. The Hall–Kier alpha value is -2.52. The fourth-order valence-electron chi connectivity index (χ4n) is 5.77. The number of rotatable bonds is 5. The van der Waals surface area contributed by atoms with Gasteiger partial charge < -0.3 is 19.8 Å². The summed E-state index contributed by atoms with van der Waals surface area (Å²) in [5.41, 5.74) is 2.21. The number of amidine groups is 1. The second-order valence-electron chi connectivity index (χ2n) is 10.9. The highest BCUT2D eigenvalue weighted by Gasteiger charge is 2.54. The van der Waals surface area contributed by atoms with Crippen molar-refractivity contribution in [2.45, 2.75) is 50.9 Å². The number of thioether (sulfide) groups is 1. The number of hydrogen-bond acceptors (Lipinski definition) is 6. The molecular weight excluding hydrogens is 555 g/mol. The molecule has 206 valence electrons. The van der Waals surface area contributed by atoms with Crippen LogP contribution in [-0.4, -0.2) is 69.6 Å². The summed E-state index contributed by atoms with van der Waals surface area (Å²) in [4.78, 5) is 38.0. The van der Waals surface area contributed by atoms with Gasteiger partial charge in [-0.1, -0.05) is 61.3 Å². The van der Waals surface area contributed by atoms with Crippen molar-refractivity contribution in [2.24, 2.45) is 10.9 Å². The summed E-state index contributed by atoms with van der Waals surface area (Å²) in [6, 6.07) is 14.5. The Morgan fingerprint density at radius 1 is 1.08 bits per heavy atom. The normalized spacial score (nSPS) is 26.4. The molecule has 0 aliphatic carbocycles. The Bertz CT molecular complexity index is 1360. The number of benzene rings is 2. The first kappa shape index (κ1) is 28.0. The van der Waals surface area contributed by atoms with Gasteiger partial charge in [-0.05, 0) is 60.0 Å². The van der Waals surface area contributed by atoms with Crippen molar-refractivity contribution in [3.05, 3.63) is 80.3 Å². The van der Waals surface area contributed by atoms with E-state index in [1.165, 1.54) is 21.6 Å². The molecule has 3 aliphatic heterocycles. The highest BCUT2D eigenvalue weighted by molar-refractivity contribution is 8.18. The zero-order valence-corrected chi connectivity index (χ0v) is 24.9. The van der Waals surface area contributed by atoms with Gasteiger partial charge in [-0.25, -0.2) is 4.99 Å². The van der Waals surface area contributed by atoms with E-state index in [0.29, 0.717) is 15.0 Å². The van der Waals surface area contributed by atoms with Crippen molar-refractivity contribution in [1.82, 2.24) is 14.7 Å². The van der Waals surface area contributed by atoms with Crippen LogP contribution in [-0.2, 0) is 15.1 Å². The van der Waals surface area contributed by atoms with Crippen LogP contribution in [0.2, 0.25) is 10.0 Å². The van der Waals surface area contributed by atoms with E-state index in [9.17, 15) is 14.7 Å². The number of allylic oxidation sites excluding steroid dienone is 1.